The van der Waals surface area contributed by atoms with E-state index in [1.54, 1.807) is 7.11 Å². The molecule has 1 saturated carbocycles. The second-order valence-electron chi connectivity index (χ2n) is 6.76. The van der Waals surface area contributed by atoms with Gasteiger partial charge in [0.2, 0.25) is 8.32 Å². The standard InChI is InChI=1S/C15H28O3Si/c1-6-7-12-11(10-17-19(3,4)5)8-14-13(12)9-15(16-2)18-14/h10,12-15H,6-9H2,1-5H3/b11-10-/t12?,13-,14+,15?/m1/s1. The molecular formula is C15H28O3Si. The van der Waals surface area contributed by atoms with Gasteiger partial charge in [0.1, 0.15) is 0 Å². The smallest absolute Gasteiger partial charge is 0.241 e. The summed E-state index contributed by atoms with van der Waals surface area (Å²) >= 11 is 0. The Balaban J connectivity index is 2.06. The summed E-state index contributed by atoms with van der Waals surface area (Å²) in [6.45, 7) is 8.94. The molecule has 0 spiro atoms. The molecule has 0 bridgehead atoms. The lowest BCUT2D eigenvalue weighted by atomic mass is 9.87. The van der Waals surface area contributed by atoms with Gasteiger partial charge in [-0.05, 0) is 49.9 Å². The molecule has 4 atom stereocenters. The van der Waals surface area contributed by atoms with E-state index in [2.05, 4.69) is 32.8 Å². The van der Waals surface area contributed by atoms with Gasteiger partial charge in [-0.2, -0.15) is 0 Å². The van der Waals surface area contributed by atoms with Crippen molar-refractivity contribution < 1.29 is 13.9 Å². The highest BCUT2D eigenvalue weighted by Crippen LogP contribution is 2.48. The summed E-state index contributed by atoms with van der Waals surface area (Å²) in [5.74, 6) is 1.26. The van der Waals surface area contributed by atoms with Crippen LogP contribution in [0.3, 0.4) is 0 Å². The van der Waals surface area contributed by atoms with Crippen molar-refractivity contribution in [3.63, 3.8) is 0 Å². The topological polar surface area (TPSA) is 27.7 Å². The third kappa shape index (κ3) is 3.61. The number of hydrogen-bond donors (Lipinski definition) is 0. The average Bonchev–Trinajstić information content (AvgIpc) is 2.85. The fourth-order valence-electron chi connectivity index (χ4n) is 3.26. The van der Waals surface area contributed by atoms with Gasteiger partial charge < -0.3 is 13.9 Å². The van der Waals surface area contributed by atoms with E-state index in [1.807, 2.05) is 0 Å². The van der Waals surface area contributed by atoms with Gasteiger partial charge in [0.15, 0.2) is 6.29 Å². The maximum atomic E-state index is 6.00. The van der Waals surface area contributed by atoms with Crippen LogP contribution < -0.4 is 0 Å². The van der Waals surface area contributed by atoms with E-state index in [-0.39, 0.29) is 6.29 Å². The first-order chi connectivity index (χ1) is 8.94. The van der Waals surface area contributed by atoms with Crippen LogP contribution in [0.4, 0.5) is 0 Å². The molecule has 2 fully saturated rings. The molecule has 0 aromatic carbocycles. The highest BCUT2D eigenvalue weighted by atomic mass is 28.4. The normalized spacial score (nSPS) is 36.8. The third-order valence-corrected chi connectivity index (χ3v) is 4.95. The minimum atomic E-state index is -1.48. The maximum absolute atomic E-state index is 6.00. The van der Waals surface area contributed by atoms with Crippen LogP contribution in [0, 0.1) is 11.8 Å². The van der Waals surface area contributed by atoms with Crippen LogP contribution in [0.15, 0.2) is 11.8 Å². The average molecular weight is 284 g/mol. The van der Waals surface area contributed by atoms with E-state index in [0.29, 0.717) is 17.9 Å². The second kappa shape index (κ2) is 5.98. The van der Waals surface area contributed by atoms with E-state index in [4.69, 9.17) is 13.9 Å². The zero-order valence-electron chi connectivity index (χ0n) is 12.9. The molecule has 19 heavy (non-hydrogen) atoms. The van der Waals surface area contributed by atoms with E-state index < -0.39 is 8.32 Å². The molecule has 2 rings (SSSR count). The fraction of sp³-hybridized carbons (Fsp3) is 0.867. The summed E-state index contributed by atoms with van der Waals surface area (Å²) in [5.41, 5.74) is 1.47. The van der Waals surface area contributed by atoms with Crippen molar-refractivity contribution >= 4 is 8.32 Å². The van der Waals surface area contributed by atoms with Gasteiger partial charge in [-0.1, -0.05) is 13.3 Å². The molecule has 4 heteroatoms. The fourth-order valence-corrected chi connectivity index (χ4v) is 3.76. The highest BCUT2D eigenvalue weighted by Gasteiger charge is 2.46. The van der Waals surface area contributed by atoms with Crippen molar-refractivity contribution in [3.05, 3.63) is 11.8 Å². The molecular weight excluding hydrogens is 256 g/mol. The van der Waals surface area contributed by atoms with Crippen LogP contribution in [-0.4, -0.2) is 27.8 Å². The van der Waals surface area contributed by atoms with Crippen LogP contribution in [0.5, 0.6) is 0 Å². The Kier molecular flexibility index (Phi) is 4.74. The first-order valence-electron chi connectivity index (χ1n) is 7.49. The molecule has 1 heterocycles. The lowest BCUT2D eigenvalue weighted by molar-refractivity contribution is -0.113. The van der Waals surface area contributed by atoms with Crippen LogP contribution >= 0.6 is 0 Å². The van der Waals surface area contributed by atoms with E-state index in [9.17, 15) is 0 Å². The lowest BCUT2D eigenvalue weighted by Crippen LogP contribution is -2.23. The molecule has 0 N–H and O–H groups in total. The number of fused-ring (bicyclic) bond motifs is 1. The quantitative estimate of drug-likeness (QED) is 0.566. The molecule has 0 aromatic rings. The Hall–Kier alpha value is -0.323. The molecule has 0 aromatic heterocycles. The molecule has 1 saturated heterocycles. The molecule has 0 radical (unpaired) electrons. The first-order valence-corrected chi connectivity index (χ1v) is 10.9. The van der Waals surface area contributed by atoms with Gasteiger partial charge >= 0.3 is 0 Å². The van der Waals surface area contributed by atoms with Crippen LogP contribution in [0.1, 0.15) is 32.6 Å². The van der Waals surface area contributed by atoms with Gasteiger partial charge in [0.25, 0.3) is 0 Å². The van der Waals surface area contributed by atoms with E-state index >= 15 is 0 Å². The van der Waals surface area contributed by atoms with Crippen molar-refractivity contribution in [2.45, 2.75) is 64.6 Å². The SMILES string of the molecule is CCCC1/C(=C\O[Si](C)(C)C)C[C@@H]2OC(OC)C[C@H]12. The predicted octanol–water partition coefficient (Wildman–Crippen LogP) is 3.92. The summed E-state index contributed by atoms with van der Waals surface area (Å²) < 4.78 is 17.3. The Bertz CT molecular complexity index is 335. The number of methoxy groups -OCH3 is 1. The molecule has 2 aliphatic rings. The van der Waals surface area contributed by atoms with Crippen LogP contribution in [0.2, 0.25) is 19.6 Å². The zero-order valence-corrected chi connectivity index (χ0v) is 13.9. The summed E-state index contributed by atoms with van der Waals surface area (Å²) in [7, 11) is 0.266. The maximum Gasteiger partial charge on any atom is 0.241 e. The van der Waals surface area contributed by atoms with Gasteiger partial charge in [0, 0.05) is 13.5 Å². The van der Waals surface area contributed by atoms with Crippen molar-refractivity contribution in [2.75, 3.05) is 7.11 Å². The Labute approximate surface area is 118 Å². The predicted molar refractivity (Wildman–Crippen MR) is 79.3 cm³/mol. The Morgan fingerprint density at radius 3 is 2.68 bits per heavy atom. The van der Waals surface area contributed by atoms with Gasteiger partial charge in [0.05, 0.1) is 12.4 Å². The highest BCUT2D eigenvalue weighted by molar-refractivity contribution is 6.69. The zero-order chi connectivity index (χ0) is 14.0. The summed E-state index contributed by atoms with van der Waals surface area (Å²) in [6.07, 6.45) is 6.94. The molecule has 0 amide bonds. The van der Waals surface area contributed by atoms with Crippen molar-refractivity contribution in [3.8, 4) is 0 Å². The Morgan fingerprint density at radius 1 is 1.37 bits per heavy atom. The molecule has 1 aliphatic carbocycles. The van der Waals surface area contributed by atoms with Gasteiger partial charge in [-0.25, -0.2) is 0 Å². The van der Waals surface area contributed by atoms with Crippen molar-refractivity contribution in [1.82, 2.24) is 0 Å². The molecule has 1 aliphatic heterocycles. The summed E-state index contributed by atoms with van der Waals surface area (Å²) in [5, 5.41) is 0. The first kappa shape index (κ1) is 15.1. The largest absolute Gasteiger partial charge is 0.550 e. The molecule has 110 valence electrons. The minimum Gasteiger partial charge on any atom is -0.550 e. The van der Waals surface area contributed by atoms with E-state index in [1.165, 1.54) is 18.4 Å². The molecule has 2 unspecified atom stereocenters. The number of rotatable bonds is 5. The van der Waals surface area contributed by atoms with Crippen LogP contribution in [0.25, 0.3) is 0 Å². The monoisotopic (exact) mass is 284 g/mol. The minimum absolute atomic E-state index is 0.00816. The number of ether oxygens (including phenoxy) is 2. The lowest BCUT2D eigenvalue weighted by Gasteiger charge is -2.21. The number of hydrogen-bond acceptors (Lipinski definition) is 3. The summed E-state index contributed by atoms with van der Waals surface area (Å²) in [6, 6.07) is 0. The molecule has 3 nitrogen and oxygen atoms in total. The second-order valence-corrected chi connectivity index (χ2v) is 11.2. The van der Waals surface area contributed by atoms with Gasteiger partial charge in [-0.15, -0.1) is 0 Å². The van der Waals surface area contributed by atoms with E-state index in [0.717, 1.165) is 12.8 Å². The van der Waals surface area contributed by atoms with Gasteiger partial charge in [-0.3, -0.25) is 0 Å². The van der Waals surface area contributed by atoms with Crippen molar-refractivity contribution in [2.24, 2.45) is 11.8 Å². The third-order valence-electron chi connectivity index (χ3n) is 4.13. The Morgan fingerprint density at radius 2 is 2.11 bits per heavy atom. The summed E-state index contributed by atoms with van der Waals surface area (Å²) in [4.78, 5) is 0. The van der Waals surface area contributed by atoms with Crippen LogP contribution in [-0.2, 0) is 13.9 Å². The van der Waals surface area contributed by atoms with Crippen molar-refractivity contribution in [1.29, 1.82) is 0 Å².